The third-order valence-electron chi connectivity index (χ3n) is 3.47. The zero-order valence-electron chi connectivity index (χ0n) is 12.0. The summed E-state index contributed by atoms with van der Waals surface area (Å²) in [6.45, 7) is 3.25. The van der Waals surface area contributed by atoms with Crippen LogP contribution < -0.4 is 10.1 Å². The lowest BCUT2D eigenvalue weighted by Gasteiger charge is -2.35. The Kier molecular flexibility index (Phi) is 7.41. The Hall–Kier alpha value is -1.02. The number of aliphatic hydroxyl groups is 1. The average molecular weight is 341 g/mol. The van der Waals surface area contributed by atoms with Crippen molar-refractivity contribution in [2.45, 2.75) is 18.8 Å². The Bertz CT molecular complexity index is 454. The molecule has 1 aromatic carbocycles. The highest BCUT2D eigenvalue weighted by atomic mass is 35.5. The highest BCUT2D eigenvalue weighted by molar-refractivity contribution is 5.85. The Morgan fingerprint density at radius 3 is 2.55 bits per heavy atom. The van der Waals surface area contributed by atoms with E-state index >= 15 is 0 Å². The third kappa shape index (κ3) is 5.64. The van der Waals surface area contributed by atoms with Crippen molar-refractivity contribution in [3.63, 3.8) is 0 Å². The second kappa shape index (κ2) is 8.57. The molecule has 1 aliphatic rings. The molecule has 22 heavy (non-hydrogen) atoms. The Morgan fingerprint density at radius 2 is 1.95 bits per heavy atom. The minimum atomic E-state index is -4.69. The first-order chi connectivity index (χ1) is 9.99. The molecule has 1 atom stereocenters. The first-order valence-electron chi connectivity index (χ1n) is 6.91. The maximum absolute atomic E-state index is 12.3. The van der Waals surface area contributed by atoms with E-state index in [9.17, 15) is 18.3 Å². The minimum Gasteiger partial charge on any atom is -0.406 e. The Morgan fingerprint density at radius 1 is 1.27 bits per heavy atom. The zero-order valence-corrected chi connectivity index (χ0v) is 12.8. The Balaban J connectivity index is 0.00000242. The number of hydrogen-bond acceptors (Lipinski definition) is 4. The summed E-state index contributed by atoms with van der Waals surface area (Å²) < 4.78 is 40.9. The number of benzene rings is 1. The van der Waals surface area contributed by atoms with Gasteiger partial charge in [0, 0.05) is 38.8 Å². The lowest BCUT2D eigenvalue weighted by Crippen LogP contribution is -2.45. The van der Waals surface area contributed by atoms with Gasteiger partial charge in [0.1, 0.15) is 5.75 Å². The molecule has 1 heterocycles. The summed E-state index contributed by atoms with van der Waals surface area (Å²) in [5, 5.41) is 12.5. The van der Waals surface area contributed by atoms with Gasteiger partial charge in [0.05, 0.1) is 0 Å². The second-order valence-corrected chi connectivity index (χ2v) is 4.93. The number of aliphatic hydroxyl groups excluding tert-OH is 1. The van der Waals surface area contributed by atoms with Crippen LogP contribution in [0.25, 0.3) is 0 Å². The molecule has 4 nitrogen and oxygen atoms in total. The van der Waals surface area contributed by atoms with Gasteiger partial charge >= 0.3 is 6.36 Å². The fourth-order valence-corrected chi connectivity index (χ4v) is 2.60. The van der Waals surface area contributed by atoms with Crippen LogP contribution in [0.5, 0.6) is 5.75 Å². The third-order valence-corrected chi connectivity index (χ3v) is 3.47. The summed E-state index contributed by atoms with van der Waals surface area (Å²) in [7, 11) is 0. The number of halogens is 4. The van der Waals surface area contributed by atoms with Crippen molar-refractivity contribution in [2.24, 2.45) is 0 Å². The smallest absolute Gasteiger partial charge is 0.406 e. The van der Waals surface area contributed by atoms with Crippen molar-refractivity contribution in [2.75, 3.05) is 32.8 Å². The number of piperazine rings is 1. The van der Waals surface area contributed by atoms with Crippen molar-refractivity contribution in [1.82, 2.24) is 10.2 Å². The summed E-state index contributed by atoms with van der Waals surface area (Å²) in [5.41, 5.74) is 0.729. The second-order valence-electron chi connectivity index (χ2n) is 4.93. The molecule has 0 bridgehead atoms. The van der Waals surface area contributed by atoms with Gasteiger partial charge in [-0.15, -0.1) is 25.6 Å². The molecule has 8 heteroatoms. The highest BCUT2D eigenvalue weighted by Crippen LogP contribution is 2.29. The lowest BCUT2D eigenvalue weighted by molar-refractivity contribution is -0.274. The number of hydrogen-bond donors (Lipinski definition) is 2. The molecule has 2 rings (SSSR count). The molecule has 1 saturated heterocycles. The standard InChI is InChI=1S/C14H19F3N2O2.ClH/c15-14(16,17)21-12-3-1-2-11(10-12)13(4-9-20)19-7-5-18-6-8-19;/h1-3,10,13,18,20H,4-9H2;1H/t13-;/m1./s1. The number of rotatable bonds is 5. The van der Waals surface area contributed by atoms with E-state index in [1.807, 2.05) is 0 Å². The predicted molar refractivity (Wildman–Crippen MR) is 79.3 cm³/mol. The average Bonchev–Trinajstić information content (AvgIpc) is 2.44. The van der Waals surface area contributed by atoms with Gasteiger partial charge in [-0.05, 0) is 24.1 Å². The van der Waals surface area contributed by atoms with Gasteiger partial charge in [-0.2, -0.15) is 0 Å². The van der Waals surface area contributed by atoms with Crippen molar-refractivity contribution >= 4 is 12.4 Å². The molecule has 1 fully saturated rings. The van der Waals surface area contributed by atoms with Crippen LogP contribution in [0.2, 0.25) is 0 Å². The molecule has 1 aliphatic heterocycles. The first-order valence-corrected chi connectivity index (χ1v) is 6.91. The minimum absolute atomic E-state index is 0. The van der Waals surface area contributed by atoms with Crippen molar-refractivity contribution in [3.05, 3.63) is 29.8 Å². The monoisotopic (exact) mass is 340 g/mol. The van der Waals surface area contributed by atoms with E-state index in [1.54, 1.807) is 12.1 Å². The molecular weight excluding hydrogens is 321 g/mol. The normalized spacial score (nSPS) is 17.6. The van der Waals surface area contributed by atoms with Crippen LogP contribution >= 0.6 is 12.4 Å². The molecule has 0 spiro atoms. The van der Waals surface area contributed by atoms with E-state index in [1.165, 1.54) is 12.1 Å². The molecule has 0 amide bonds. The molecule has 126 valence electrons. The van der Waals surface area contributed by atoms with Crippen LogP contribution in [0, 0.1) is 0 Å². The van der Waals surface area contributed by atoms with E-state index < -0.39 is 6.36 Å². The summed E-state index contributed by atoms with van der Waals surface area (Å²) >= 11 is 0. The first kappa shape index (κ1) is 19.0. The predicted octanol–water partition coefficient (Wildman–Crippen LogP) is 2.34. The van der Waals surface area contributed by atoms with Gasteiger partial charge in [-0.25, -0.2) is 0 Å². The van der Waals surface area contributed by atoms with Gasteiger partial charge in [0.25, 0.3) is 0 Å². The molecule has 0 saturated carbocycles. The van der Waals surface area contributed by atoms with Crippen molar-refractivity contribution in [3.8, 4) is 5.75 Å². The maximum atomic E-state index is 12.3. The van der Waals surface area contributed by atoms with Crippen LogP contribution in [-0.4, -0.2) is 49.2 Å². The van der Waals surface area contributed by atoms with E-state index in [2.05, 4.69) is 15.0 Å². The fourth-order valence-electron chi connectivity index (χ4n) is 2.60. The van der Waals surface area contributed by atoms with Crippen LogP contribution in [0.3, 0.4) is 0 Å². The SMILES string of the molecule is Cl.OCC[C@H](c1cccc(OC(F)(F)F)c1)N1CCNCC1. The Labute approximate surface area is 133 Å². The molecule has 0 aromatic heterocycles. The van der Waals surface area contributed by atoms with Gasteiger partial charge in [0.2, 0.25) is 0 Å². The summed E-state index contributed by atoms with van der Waals surface area (Å²) in [6.07, 6.45) is -4.21. The lowest BCUT2D eigenvalue weighted by atomic mass is 10.0. The zero-order chi connectivity index (χ0) is 15.3. The molecule has 2 N–H and O–H groups in total. The maximum Gasteiger partial charge on any atom is 0.573 e. The van der Waals surface area contributed by atoms with Crippen molar-refractivity contribution in [1.29, 1.82) is 0 Å². The number of ether oxygens (including phenoxy) is 1. The molecule has 1 aromatic rings. The molecule has 0 unspecified atom stereocenters. The number of nitrogens with one attached hydrogen (secondary N) is 1. The van der Waals surface area contributed by atoms with Gasteiger partial charge in [0.15, 0.2) is 0 Å². The summed E-state index contributed by atoms with van der Waals surface area (Å²) in [4.78, 5) is 2.17. The van der Waals surface area contributed by atoms with Crippen LogP contribution in [0.15, 0.2) is 24.3 Å². The highest BCUT2D eigenvalue weighted by Gasteiger charge is 2.31. The van der Waals surface area contributed by atoms with E-state index in [4.69, 9.17) is 0 Å². The summed E-state index contributed by atoms with van der Waals surface area (Å²) in [5.74, 6) is -0.224. The van der Waals surface area contributed by atoms with Crippen molar-refractivity contribution < 1.29 is 23.0 Å². The van der Waals surface area contributed by atoms with E-state index in [0.29, 0.717) is 6.42 Å². The molecule has 0 radical (unpaired) electrons. The largest absolute Gasteiger partial charge is 0.573 e. The summed E-state index contributed by atoms with van der Waals surface area (Å²) in [6, 6.07) is 5.89. The van der Waals surface area contributed by atoms with Crippen LogP contribution in [-0.2, 0) is 0 Å². The van der Waals surface area contributed by atoms with Crippen LogP contribution in [0.1, 0.15) is 18.0 Å². The van der Waals surface area contributed by atoms with Gasteiger partial charge in [-0.3, -0.25) is 4.90 Å². The van der Waals surface area contributed by atoms with Gasteiger partial charge < -0.3 is 15.2 Å². The quantitative estimate of drug-likeness (QED) is 0.863. The van der Waals surface area contributed by atoms with E-state index in [0.717, 1.165) is 31.7 Å². The van der Waals surface area contributed by atoms with E-state index in [-0.39, 0.29) is 30.8 Å². The molecular formula is C14H20ClF3N2O2. The fraction of sp³-hybridized carbons (Fsp3) is 0.571. The number of nitrogens with zero attached hydrogens (tertiary/aromatic N) is 1. The molecule has 0 aliphatic carbocycles. The van der Waals surface area contributed by atoms with Gasteiger partial charge in [-0.1, -0.05) is 12.1 Å². The van der Waals surface area contributed by atoms with Crippen LogP contribution in [0.4, 0.5) is 13.2 Å². The number of alkyl halides is 3. The topological polar surface area (TPSA) is 44.7 Å².